The quantitative estimate of drug-likeness (QED) is 0.385. The molecule has 4 aromatic heterocycles. The number of nitrogens with zero attached hydrogens (tertiary/aromatic N) is 7. The second-order valence-electron chi connectivity index (χ2n) is 8.61. The SMILES string of the molecule is Cc1cccc(NC(=O)[C@@H]2C[C@@H](F)CN2C(=O)Cn2nc(C(N)=O)c3sc(-c4cnc(C)nc4)nc32)n1. The van der Waals surface area contributed by atoms with E-state index in [-0.39, 0.29) is 30.9 Å². The largest absolute Gasteiger partial charge is 0.364 e. The van der Waals surface area contributed by atoms with Gasteiger partial charge in [-0.05, 0) is 26.0 Å². The zero-order chi connectivity index (χ0) is 26.3. The molecule has 5 heterocycles. The number of halogens is 1. The fraction of sp³-hybridized carbons (Fsp3) is 0.304. The Kier molecular flexibility index (Phi) is 6.33. The number of carbonyl (C=O) groups is 3. The third-order valence-corrected chi connectivity index (χ3v) is 6.95. The van der Waals surface area contributed by atoms with Crippen molar-refractivity contribution in [3.05, 3.63) is 47.8 Å². The predicted octanol–water partition coefficient (Wildman–Crippen LogP) is 1.64. The minimum Gasteiger partial charge on any atom is -0.364 e. The van der Waals surface area contributed by atoms with Crippen molar-refractivity contribution in [2.45, 2.75) is 39.0 Å². The van der Waals surface area contributed by atoms with Crippen LogP contribution < -0.4 is 11.1 Å². The summed E-state index contributed by atoms with van der Waals surface area (Å²) >= 11 is 1.17. The summed E-state index contributed by atoms with van der Waals surface area (Å²) in [5.74, 6) is -0.960. The van der Waals surface area contributed by atoms with Gasteiger partial charge in [0, 0.05) is 30.1 Å². The Morgan fingerprint density at radius 2 is 1.95 bits per heavy atom. The van der Waals surface area contributed by atoms with Crippen LogP contribution in [-0.2, 0) is 16.1 Å². The smallest absolute Gasteiger partial charge is 0.270 e. The van der Waals surface area contributed by atoms with Crippen LogP contribution in [0.2, 0.25) is 0 Å². The van der Waals surface area contributed by atoms with Gasteiger partial charge in [0.15, 0.2) is 11.3 Å². The van der Waals surface area contributed by atoms with Crippen molar-refractivity contribution in [3.8, 4) is 10.6 Å². The molecule has 0 unspecified atom stereocenters. The number of aryl methyl sites for hydroxylation is 2. The van der Waals surface area contributed by atoms with Gasteiger partial charge in [-0.3, -0.25) is 14.4 Å². The first-order chi connectivity index (χ1) is 17.7. The molecule has 12 nitrogen and oxygen atoms in total. The summed E-state index contributed by atoms with van der Waals surface area (Å²) in [6.45, 7) is 2.92. The van der Waals surface area contributed by atoms with Gasteiger partial charge in [0.1, 0.15) is 40.1 Å². The summed E-state index contributed by atoms with van der Waals surface area (Å²) in [6.07, 6.45) is 1.70. The molecule has 0 bridgehead atoms. The van der Waals surface area contributed by atoms with Gasteiger partial charge in [-0.15, -0.1) is 11.3 Å². The number of likely N-dealkylation sites (tertiary alicyclic amines) is 1. The van der Waals surface area contributed by atoms with Gasteiger partial charge in [0.2, 0.25) is 11.8 Å². The van der Waals surface area contributed by atoms with Crippen LogP contribution in [0, 0.1) is 13.8 Å². The minimum absolute atomic E-state index is 0.0378. The molecule has 1 saturated heterocycles. The van der Waals surface area contributed by atoms with E-state index in [1.165, 1.54) is 20.9 Å². The summed E-state index contributed by atoms with van der Waals surface area (Å²) in [7, 11) is 0. The molecular formula is C23H22FN9O3S. The number of aromatic nitrogens is 6. The van der Waals surface area contributed by atoms with E-state index in [4.69, 9.17) is 5.73 Å². The molecule has 37 heavy (non-hydrogen) atoms. The van der Waals surface area contributed by atoms with Crippen LogP contribution in [0.25, 0.3) is 20.9 Å². The van der Waals surface area contributed by atoms with Gasteiger partial charge >= 0.3 is 0 Å². The molecule has 1 aliphatic heterocycles. The van der Waals surface area contributed by atoms with Gasteiger partial charge in [0.25, 0.3) is 5.91 Å². The van der Waals surface area contributed by atoms with E-state index in [0.29, 0.717) is 32.6 Å². The number of amides is 3. The van der Waals surface area contributed by atoms with Crippen molar-refractivity contribution < 1.29 is 18.8 Å². The van der Waals surface area contributed by atoms with Gasteiger partial charge in [-0.1, -0.05) is 6.07 Å². The number of hydrogen-bond acceptors (Lipinski definition) is 9. The Balaban J connectivity index is 1.41. The Morgan fingerprint density at radius 3 is 2.65 bits per heavy atom. The number of fused-ring (bicyclic) bond motifs is 1. The van der Waals surface area contributed by atoms with Gasteiger partial charge < -0.3 is 16.0 Å². The van der Waals surface area contributed by atoms with Crippen molar-refractivity contribution >= 4 is 45.2 Å². The molecule has 0 aromatic carbocycles. The lowest BCUT2D eigenvalue weighted by atomic mass is 10.2. The average molecular weight is 524 g/mol. The zero-order valence-corrected chi connectivity index (χ0v) is 20.7. The Bertz CT molecular complexity index is 1520. The van der Waals surface area contributed by atoms with E-state index in [2.05, 4.69) is 30.4 Å². The first-order valence-electron chi connectivity index (χ1n) is 11.3. The third-order valence-electron chi connectivity index (χ3n) is 5.85. The highest BCUT2D eigenvalue weighted by molar-refractivity contribution is 7.22. The molecule has 1 fully saturated rings. The lowest BCUT2D eigenvalue weighted by Crippen LogP contribution is -2.44. The molecule has 190 valence electrons. The molecule has 5 rings (SSSR count). The average Bonchev–Trinajstić information content (AvgIpc) is 3.54. The van der Waals surface area contributed by atoms with Crippen LogP contribution in [0.15, 0.2) is 30.6 Å². The van der Waals surface area contributed by atoms with Crippen LogP contribution in [-0.4, -0.2) is 71.1 Å². The number of thiazole rings is 1. The summed E-state index contributed by atoms with van der Waals surface area (Å²) in [4.78, 5) is 56.5. The number of hydrogen-bond donors (Lipinski definition) is 2. The number of nitrogens with two attached hydrogens (primary N) is 1. The van der Waals surface area contributed by atoms with Crippen molar-refractivity contribution in [1.82, 2.24) is 34.6 Å². The number of carbonyl (C=O) groups excluding carboxylic acids is 3. The van der Waals surface area contributed by atoms with Gasteiger partial charge in [0.05, 0.1) is 6.54 Å². The molecule has 0 aliphatic carbocycles. The molecule has 0 radical (unpaired) electrons. The fourth-order valence-corrected chi connectivity index (χ4v) is 5.13. The number of rotatable bonds is 6. The van der Waals surface area contributed by atoms with Crippen LogP contribution in [0.4, 0.5) is 10.2 Å². The number of nitrogens with one attached hydrogen (secondary N) is 1. The maximum absolute atomic E-state index is 14.4. The summed E-state index contributed by atoms with van der Waals surface area (Å²) in [5, 5.41) is 7.35. The van der Waals surface area contributed by atoms with E-state index >= 15 is 0 Å². The first-order valence-corrected chi connectivity index (χ1v) is 12.2. The fourth-order valence-electron chi connectivity index (χ4n) is 4.10. The summed E-state index contributed by atoms with van der Waals surface area (Å²) in [5.41, 5.74) is 7.07. The second-order valence-corrected chi connectivity index (χ2v) is 9.61. The van der Waals surface area contributed by atoms with Crippen LogP contribution >= 0.6 is 11.3 Å². The van der Waals surface area contributed by atoms with E-state index < -0.39 is 29.9 Å². The van der Waals surface area contributed by atoms with E-state index in [0.717, 1.165) is 0 Å². The molecule has 14 heteroatoms. The van der Waals surface area contributed by atoms with Gasteiger partial charge in [-0.2, -0.15) is 5.10 Å². The molecule has 0 saturated carbocycles. The number of primary amides is 1. The van der Waals surface area contributed by atoms with Gasteiger partial charge in [-0.25, -0.2) is 29.0 Å². The summed E-state index contributed by atoms with van der Waals surface area (Å²) in [6, 6.07) is 4.10. The highest BCUT2D eigenvalue weighted by Gasteiger charge is 2.40. The lowest BCUT2D eigenvalue weighted by Gasteiger charge is -2.23. The Labute approximate surface area is 213 Å². The maximum atomic E-state index is 14.4. The molecule has 3 N–H and O–H groups in total. The number of alkyl halides is 1. The Hall–Kier alpha value is -4.33. The number of pyridine rings is 1. The van der Waals surface area contributed by atoms with Crippen LogP contribution in [0.5, 0.6) is 0 Å². The second kappa shape index (κ2) is 9.61. The maximum Gasteiger partial charge on any atom is 0.270 e. The van der Waals surface area contributed by atoms with Crippen molar-refractivity contribution in [1.29, 1.82) is 0 Å². The highest BCUT2D eigenvalue weighted by Crippen LogP contribution is 2.32. The predicted molar refractivity (Wildman–Crippen MR) is 132 cm³/mol. The summed E-state index contributed by atoms with van der Waals surface area (Å²) < 4.78 is 16.0. The normalized spacial score (nSPS) is 17.3. The van der Waals surface area contributed by atoms with Crippen molar-refractivity contribution in [3.63, 3.8) is 0 Å². The molecule has 0 spiro atoms. The molecule has 1 aliphatic rings. The molecule has 3 amide bonds. The third kappa shape index (κ3) is 4.87. The van der Waals surface area contributed by atoms with Crippen molar-refractivity contribution in [2.75, 3.05) is 11.9 Å². The monoisotopic (exact) mass is 523 g/mol. The first kappa shape index (κ1) is 24.4. The standard InChI is InChI=1S/C23H22FN9O3S/c1-11-4-3-5-16(28-11)29-22(36)15-6-14(24)9-32(15)17(34)10-33-21-19(18(31-33)20(25)35)37-23(30-21)13-7-26-12(2)27-8-13/h3-5,7-8,14-15H,6,9-10H2,1-2H3,(H2,25,35)(H,28,29,36)/t14-,15+/m1/s1. The molecule has 4 aromatic rings. The van der Waals surface area contributed by atoms with Crippen molar-refractivity contribution in [2.24, 2.45) is 5.73 Å². The van der Waals surface area contributed by atoms with E-state index in [1.54, 1.807) is 44.4 Å². The zero-order valence-electron chi connectivity index (χ0n) is 19.9. The molecule has 2 atom stereocenters. The van der Waals surface area contributed by atoms with E-state index in [9.17, 15) is 18.8 Å². The van der Waals surface area contributed by atoms with E-state index in [1.807, 2.05) is 0 Å². The molecular weight excluding hydrogens is 501 g/mol. The minimum atomic E-state index is -1.36. The van der Waals surface area contributed by atoms with Crippen LogP contribution in [0.3, 0.4) is 0 Å². The van der Waals surface area contributed by atoms with Crippen LogP contribution in [0.1, 0.15) is 28.4 Å². The Morgan fingerprint density at radius 1 is 1.19 bits per heavy atom. The lowest BCUT2D eigenvalue weighted by molar-refractivity contribution is -0.137. The highest BCUT2D eigenvalue weighted by atomic mass is 32.1. The number of anilines is 1. The topological polar surface area (TPSA) is 162 Å².